The highest BCUT2D eigenvalue weighted by Crippen LogP contribution is 2.15. The highest BCUT2D eigenvalue weighted by Gasteiger charge is 2.12. The fourth-order valence-corrected chi connectivity index (χ4v) is 1.67. The normalized spacial score (nSPS) is 10.1. The molecule has 4 heteroatoms. The lowest BCUT2D eigenvalue weighted by molar-refractivity contribution is 0.410. The maximum absolute atomic E-state index is 11.8. The Hall–Kier alpha value is -1.76. The second kappa shape index (κ2) is 5.36. The first kappa shape index (κ1) is 12.3. The van der Waals surface area contributed by atoms with Crippen LogP contribution in [0.1, 0.15) is 37.8 Å². The molecule has 16 heavy (non-hydrogen) atoms. The maximum Gasteiger partial charge on any atom is 0.271 e. The zero-order chi connectivity index (χ0) is 12.1. The van der Waals surface area contributed by atoms with Gasteiger partial charge in [0.2, 0.25) is 0 Å². The van der Waals surface area contributed by atoms with E-state index in [1.54, 1.807) is 6.92 Å². The molecule has 1 N–H and O–H groups in total. The van der Waals surface area contributed by atoms with E-state index in [2.05, 4.69) is 0 Å². The molecule has 0 aliphatic rings. The molecule has 0 fully saturated rings. The Morgan fingerprint density at radius 2 is 2.19 bits per heavy atom. The maximum atomic E-state index is 11.8. The van der Waals surface area contributed by atoms with Crippen LogP contribution in [0.25, 0.3) is 0 Å². The quantitative estimate of drug-likeness (QED) is 0.841. The minimum atomic E-state index is -0.392. The molecule has 0 unspecified atom stereocenters. The van der Waals surface area contributed by atoms with E-state index in [1.807, 2.05) is 13.0 Å². The van der Waals surface area contributed by atoms with Crippen LogP contribution in [0, 0.1) is 11.3 Å². The van der Waals surface area contributed by atoms with Crippen LogP contribution in [0.15, 0.2) is 10.9 Å². The van der Waals surface area contributed by atoms with Gasteiger partial charge in [0.15, 0.2) is 5.88 Å². The number of aryl methyl sites for hydroxylation is 1. The number of rotatable bonds is 4. The number of hydrogen-bond donors (Lipinski definition) is 1. The molecule has 0 radical (unpaired) electrons. The average Bonchev–Trinajstić information content (AvgIpc) is 2.26. The van der Waals surface area contributed by atoms with Crippen molar-refractivity contribution < 1.29 is 5.11 Å². The molecule has 1 aromatic rings. The molecule has 1 rings (SSSR count). The number of unbranched alkanes of at least 4 members (excludes halogenated alkanes) is 1. The fourth-order valence-electron chi connectivity index (χ4n) is 1.67. The molecule has 0 aliphatic carbocycles. The van der Waals surface area contributed by atoms with E-state index in [4.69, 9.17) is 5.26 Å². The summed E-state index contributed by atoms with van der Waals surface area (Å²) in [6.45, 7) is 4.17. The molecule has 4 nitrogen and oxygen atoms in total. The Morgan fingerprint density at radius 3 is 2.69 bits per heavy atom. The summed E-state index contributed by atoms with van der Waals surface area (Å²) in [6, 6.07) is 3.46. The summed E-state index contributed by atoms with van der Waals surface area (Å²) in [5.74, 6) is -0.0578. The Bertz CT molecular complexity index is 469. The summed E-state index contributed by atoms with van der Waals surface area (Å²) in [7, 11) is 0. The lowest BCUT2D eigenvalue weighted by Gasteiger charge is -2.09. The highest BCUT2D eigenvalue weighted by atomic mass is 16.3. The van der Waals surface area contributed by atoms with Crippen molar-refractivity contribution in [1.29, 1.82) is 5.26 Å². The van der Waals surface area contributed by atoms with Crippen molar-refractivity contribution in [3.8, 4) is 11.9 Å². The summed E-state index contributed by atoms with van der Waals surface area (Å²) in [5, 5.41) is 18.6. The smallest absolute Gasteiger partial charge is 0.271 e. The zero-order valence-electron chi connectivity index (χ0n) is 9.66. The van der Waals surface area contributed by atoms with Gasteiger partial charge < -0.3 is 5.11 Å². The zero-order valence-corrected chi connectivity index (χ0v) is 9.66. The van der Waals surface area contributed by atoms with E-state index in [9.17, 15) is 9.90 Å². The number of nitriles is 1. The predicted octanol–water partition coefficient (Wildman–Crippen LogP) is 1.79. The van der Waals surface area contributed by atoms with Gasteiger partial charge in [0, 0.05) is 12.6 Å². The molecule has 86 valence electrons. The molecule has 0 aliphatic heterocycles. The third-order valence-electron chi connectivity index (χ3n) is 2.59. The molecule has 0 saturated heterocycles. The Kier molecular flexibility index (Phi) is 4.12. The van der Waals surface area contributed by atoms with Crippen LogP contribution in [-0.4, -0.2) is 9.67 Å². The first-order valence-corrected chi connectivity index (χ1v) is 5.51. The largest absolute Gasteiger partial charge is 0.494 e. The van der Waals surface area contributed by atoms with Gasteiger partial charge in [-0.05, 0) is 25.3 Å². The molecule has 0 bridgehead atoms. The predicted molar refractivity (Wildman–Crippen MR) is 61.4 cm³/mol. The van der Waals surface area contributed by atoms with Gasteiger partial charge in [-0.15, -0.1) is 0 Å². The SMILES string of the molecule is CCCCc1cc(O)n(CC)c(=O)c1C#N. The van der Waals surface area contributed by atoms with Gasteiger partial charge in [-0.25, -0.2) is 0 Å². The van der Waals surface area contributed by atoms with E-state index in [1.165, 1.54) is 10.6 Å². The summed E-state index contributed by atoms with van der Waals surface area (Å²) >= 11 is 0. The lowest BCUT2D eigenvalue weighted by atomic mass is 10.0. The minimum Gasteiger partial charge on any atom is -0.494 e. The Morgan fingerprint density at radius 1 is 1.50 bits per heavy atom. The first-order chi connectivity index (χ1) is 7.65. The standard InChI is InChI=1S/C12H16N2O2/c1-3-5-6-9-7-11(15)14(4-2)12(16)10(9)8-13/h7,15H,3-6H2,1-2H3. The molecule has 0 atom stereocenters. The average molecular weight is 220 g/mol. The molecular formula is C12H16N2O2. The monoisotopic (exact) mass is 220 g/mol. The molecule has 0 amide bonds. The van der Waals surface area contributed by atoms with Crippen LogP contribution in [0.5, 0.6) is 5.88 Å². The van der Waals surface area contributed by atoms with E-state index in [-0.39, 0.29) is 11.4 Å². The van der Waals surface area contributed by atoms with Crippen molar-refractivity contribution >= 4 is 0 Å². The summed E-state index contributed by atoms with van der Waals surface area (Å²) < 4.78 is 1.20. The van der Waals surface area contributed by atoms with E-state index in [0.29, 0.717) is 18.5 Å². The lowest BCUT2D eigenvalue weighted by Crippen LogP contribution is -2.23. The fraction of sp³-hybridized carbons (Fsp3) is 0.500. The molecular weight excluding hydrogens is 204 g/mol. The van der Waals surface area contributed by atoms with Crippen molar-refractivity contribution in [2.75, 3.05) is 0 Å². The van der Waals surface area contributed by atoms with Crippen molar-refractivity contribution in [2.24, 2.45) is 0 Å². The van der Waals surface area contributed by atoms with Gasteiger partial charge in [-0.1, -0.05) is 13.3 Å². The van der Waals surface area contributed by atoms with Gasteiger partial charge in [-0.3, -0.25) is 9.36 Å². The molecule has 0 aromatic carbocycles. The summed E-state index contributed by atoms with van der Waals surface area (Å²) in [5.41, 5.74) is 0.417. The molecule has 0 saturated carbocycles. The van der Waals surface area contributed by atoms with Crippen molar-refractivity contribution in [3.05, 3.63) is 27.5 Å². The number of nitrogens with zero attached hydrogens (tertiary/aromatic N) is 2. The van der Waals surface area contributed by atoms with Gasteiger partial charge in [0.25, 0.3) is 5.56 Å². The number of aromatic hydroxyl groups is 1. The van der Waals surface area contributed by atoms with Crippen LogP contribution in [0.2, 0.25) is 0 Å². The number of hydrogen-bond acceptors (Lipinski definition) is 3. The molecule has 1 aromatic heterocycles. The summed E-state index contributed by atoms with van der Waals surface area (Å²) in [4.78, 5) is 11.8. The second-order valence-electron chi connectivity index (χ2n) is 3.67. The van der Waals surface area contributed by atoms with E-state index in [0.717, 1.165) is 12.8 Å². The third kappa shape index (κ3) is 2.25. The number of pyridine rings is 1. The molecule has 1 heterocycles. The van der Waals surface area contributed by atoms with Gasteiger partial charge >= 0.3 is 0 Å². The van der Waals surface area contributed by atoms with Crippen molar-refractivity contribution in [2.45, 2.75) is 39.7 Å². The van der Waals surface area contributed by atoms with E-state index >= 15 is 0 Å². The summed E-state index contributed by atoms with van der Waals surface area (Å²) in [6.07, 6.45) is 2.55. The molecule has 0 spiro atoms. The minimum absolute atomic E-state index is 0.0578. The van der Waals surface area contributed by atoms with Gasteiger partial charge in [-0.2, -0.15) is 5.26 Å². The van der Waals surface area contributed by atoms with Gasteiger partial charge in [0.1, 0.15) is 11.6 Å². The van der Waals surface area contributed by atoms with Crippen molar-refractivity contribution in [3.63, 3.8) is 0 Å². The van der Waals surface area contributed by atoms with Crippen LogP contribution < -0.4 is 5.56 Å². The number of aromatic nitrogens is 1. The Labute approximate surface area is 94.8 Å². The van der Waals surface area contributed by atoms with E-state index < -0.39 is 5.56 Å². The second-order valence-corrected chi connectivity index (χ2v) is 3.67. The van der Waals surface area contributed by atoms with Crippen LogP contribution in [0.4, 0.5) is 0 Å². The van der Waals surface area contributed by atoms with Crippen LogP contribution >= 0.6 is 0 Å². The highest BCUT2D eigenvalue weighted by molar-refractivity contribution is 5.38. The van der Waals surface area contributed by atoms with Crippen molar-refractivity contribution in [1.82, 2.24) is 4.57 Å². The van der Waals surface area contributed by atoms with Crippen LogP contribution in [0.3, 0.4) is 0 Å². The van der Waals surface area contributed by atoms with Gasteiger partial charge in [0.05, 0.1) is 0 Å². The third-order valence-corrected chi connectivity index (χ3v) is 2.59. The Balaban J connectivity index is 3.31. The topological polar surface area (TPSA) is 66.0 Å². The van der Waals surface area contributed by atoms with Crippen LogP contribution in [-0.2, 0) is 13.0 Å². The first-order valence-electron chi connectivity index (χ1n) is 5.51.